The van der Waals surface area contributed by atoms with Crippen LogP contribution in [0.2, 0.25) is 10.0 Å². The number of aliphatic hydroxyl groups excluding tert-OH is 1. The Bertz CT molecular complexity index is 1190. The number of rotatable bonds is 7. The van der Waals surface area contributed by atoms with Gasteiger partial charge in [0.15, 0.2) is 11.5 Å². The van der Waals surface area contributed by atoms with Crippen LogP contribution in [-0.2, 0) is 14.4 Å². The van der Waals surface area contributed by atoms with Crippen LogP contribution < -0.4 is 14.2 Å². The molecule has 1 saturated heterocycles. The maximum Gasteiger partial charge on any atom is 0.308 e. The summed E-state index contributed by atoms with van der Waals surface area (Å²) in [7, 11) is 2.71. The lowest BCUT2D eigenvalue weighted by atomic mass is 9.94. The molecule has 0 saturated carbocycles. The molecule has 1 atom stereocenters. The zero-order valence-corrected chi connectivity index (χ0v) is 20.5. The molecule has 1 N–H and O–H groups in total. The number of amides is 1. The molecule has 34 heavy (non-hydrogen) atoms. The van der Waals surface area contributed by atoms with Gasteiger partial charge in [0.1, 0.15) is 16.5 Å². The van der Waals surface area contributed by atoms with Gasteiger partial charge < -0.3 is 24.2 Å². The van der Waals surface area contributed by atoms with Crippen LogP contribution in [0.1, 0.15) is 37.4 Å². The summed E-state index contributed by atoms with van der Waals surface area (Å²) in [6.45, 7) is 3.38. The van der Waals surface area contributed by atoms with Gasteiger partial charge in [0.05, 0.1) is 36.4 Å². The van der Waals surface area contributed by atoms with Crippen LogP contribution in [-0.4, -0.2) is 48.4 Å². The Balaban J connectivity index is 2.29. The standard InChI is InChI=1S/C24H23Cl2NO7/c1-5-9-27-19(13-7-6-8-14(10-13)34-12(2)28)17(21(30)24(27)31)20(29)15-11-16(25)23(33-4)18(26)22(15)32-3/h6-8,10-11,19,29H,5,9H2,1-4H3/b20-17+. The molecule has 0 aromatic heterocycles. The van der Waals surface area contributed by atoms with Gasteiger partial charge in [0, 0.05) is 13.5 Å². The largest absolute Gasteiger partial charge is 0.507 e. The summed E-state index contributed by atoms with van der Waals surface area (Å²) >= 11 is 12.6. The lowest BCUT2D eigenvalue weighted by molar-refractivity contribution is -0.139. The van der Waals surface area contributed by atoms with Crippen molar-refractivity contribution in [1.29, 1.82) is 0 Å². The number of nitrogens with zero attached hydrogens (tertiary/aromatic N) is 1. The second-order valence-electron chi connectivity index (χ2n) is 7.45. The van der Waals surface area contributed by atoms with Gasteiger partial charge in [-0.05, 0) is 30.2 Å². The number of ether oxygens (including phenoxy) is 3. The highest BCUT2D eigenvalue weighted by Crippen LogP contribution is 2.47. The van der Waals surface area contributed by atoms with Crippen LogP contribution in [0.25, 0.3) is 5.76 Å². The van der Waals surface area contributed by atoms with E-state index in [1.54, 1.807) is 24.3 Å². The second-order valence-corrected chi connectivity index (χ2v) is 8.23. The van der Waals surface area contributed by atoms with Gasteiger partial charge in [-0.25, -0.2) is 0 Å². The Morgan fingerprint density at radius 1 is 1.12 bits per heavy atom. The number of carbonyl (C=O) groups excluding carboxylic acids is 3. The van der Waals surface area contributed by atoms with Crippen LogP contribution in [0, 0.1) is 0 Å². The van der Waals surface area contributed by atoms with Crippen molar-refractivity contribution in [3.05, 3.63) is 57.1 Å². The fraction of sp³-hybridized carbons (Fsp3) is 0.292. The van der Waals surface area contributed by atoms with Crippen molar-refractivity contribution >= 4 is 46.6 Å². The molecule has 1 heterocycles. The summed E-state index contributed by atoms with van der Waals surface area (Å²) < 4.78 is 15.7. The average molecular weight is 508 g/mol. The van der Waals surface area contributed by atoms with Crippen molar-refractivity contribution in [3.63, 3.8) is 0 Å². The van der Waals surface area contributed by atoms with Gasteiger partial charge in [-0.1, -0.05) is 42.3 Å². The lowest BCUT2D eigenvalue weighted by Crippen LogP contribution is -2.30. The van der Waals surface area contributed by atoms with Gasteiger partial charge in [0.25, 0.3) is 11.7 Å². The molecule has 1 unspecified atom stereocenters. The number of methoxy groups -OCH3 is 2. The fourth-order valence-electron chi connectivity index (χ4n) is 3.90. The Morgan fingerprint density at radius 3 is 2.38 bits per heavy atom. The number of esters is 1. The quantitative estimate of drug-likeness (QED) is 0.189. The van der Waals surface area contributed by atoms with E-state index >= 15 is 0 Å². The topological polar surface area (TPSA) is 102 Å². The molecule has 3 rings (SSSR count). The van der Waals surface area contributed by atoms with Crippen molar-refractivity contribution in [2.75, 3.05) is 20.8 Å². The van der Waals surface area contributed by atoms with Crippen molar-refractivity contribution < 1.29 is 33.7 Å². The summed E-state index contributed by atoms with van der Waals surface area (Å²) in [6, 6.07) is 6.81. The van der Waals surface area contributed by atoms with E-state index in [0.717, 1.165) is 0 Å². The van der Waals surface area contributed by atoms with Crippen molar-refractivity contribution in [3.8, 4) is 17.2 Å². The SMILES string of the molecule is CCCN1C(=O)C(=O)/C(=C(/O)c2cc(Cl)c(OC)c(Cl)c2OC)C1c1cccc(OC(C)=O)c1. The Hall–Kier alpha value is -3.23. The highest BCUT2D eigenvalue weighted by atomic mass is 35.5. The number of Topliss-reactive ketones (excluding diaryl/α,β-unsaturated/α-hetero) is 1. The molecule has 10 heteroatoms. The van der Waals surface area contributed by atoms with Crippen LogP contribution in [0.5, 0.6) is 17.2 Å². The fourth-order valence-corrected chi connectivity index (χ4v) is 4.59. The minimum Gasteiger partial charge on any atom is -0.507 e. The third-order valence-corrected chi connectivity index (χ3v) is 5.86. The zero-order valence-electron chi connectivity index (χ0n) is 19.0. The third-order valence-electron chi connectivity index (χ3n) is 5.23. The van der Waals surface area contributed by atoms with Gasteiger partial charge >= 0.3 is 5.97 Å². The minimum absolute atomic E-state index is 0.00441. The predicted octanol–water partition coefficient (Wildman–Crippen LogP) is 4.77. The first-order valence-corrected chi connectivity index (χ1v) is 11.1. The predicted molar refractivity (Wildman–Crippen MR) is 127 cm³/mol. The smallest absolute Gasteiger partial charge is 0.308 e. The van der Waals surface area contributed by atoms with E-state index in [2.05, 4.69) is 0 Å². The molecule has 1 amide bonds. The molecule has 0 aliphatic carbocycles. The maximum absolute atomic E-state index is 13.1. The number of benzene rings is 2. The van der Waals surface area contributed by atoms with E-state index in [4.69, 9.17) is 37.4 Å². The first kappa shape index (κ1) is 25.4. The van der Waals surface area contributed by atoms with Crippen LogP contribution in [0.3, 0.4) is 0 Å². The van der Waals surface area contributed by atoms with E-state index in [9.17, 15) is 19.5 Å². The number of hydrogen-bond acceptors (Lipinski definition) is 7. The van der Waals surface area contributed by atoms with E-state index in [0.29, 0.717) is 12.0 Å². The molecule has 0 spiro atoms. The minimum atomic E-state index is -0.945. The molecule has 0 radical (unpaired) electrons. The highest BCUT2D eigenvalue weighted by molar-refractivity contribution is 6.47. The van der Waals surface area contributed by atoms with Gasteiger partial charge in [0.2, 0.25) is 0 Å². The van der Waals surface area contributed by atoms with E-state index in [1.807, 2.05) is 6.92 Å². The van der Waals surface area contributed by atoms with Crippen LogP contribution in [0.4, 0.5) is 0 Å². The zero-order chi connectivity index (χ0) is 25.2. The summed E-state index contributed by atoms with van der Waals surface area (Å²) in [6.07, 6.45) is 0.566. The first-order valence-electron chi connectivity index (χ1n) is 10.3. The summed E-state index contributed by atoms with van der Waals surface area (Å²) in [5.41, 5.74) is 0.320. The normalized spacial score (nSPS) is 17.1. The number of hydrogen-bond donors (Lipinski definition) is 1. The van der Waals surface area contributed by atoms with Crippen LogP contribution >= 0.6 is 23.2 Å². The van der Waals surface area contributed by atoms with Crippen molar-refractivity contribution in [2.24, 2.45) is 0 Å². The summed E-state index contributed by atoms with van der Waals surface area (Å²) in [4.78, 5) is 38.8. The number of carbonyl (C=O) groups is 3. The number of halogens is 2. The lowest BCUT2D eigenvalue weighted by Gasteiger charge is -2.25. The van der Waals surface area contributed by atoms with E-state index in [1.165, 1.54) is 32.1 Å². The summed E-state index contributed by atoms with van der Waals surface area (Å²) in [5, 5.41) is 11.4. The highest BCUT2D eigenvalue weighted by Gasteiger charge is 2.46. The van der Waals surface area contributed by atoms with Crippen LogP contribution in [0.15, 0.2) is 35.9 Å². The van der Waals surface area contributed by atoms with E-state index < -0.39 is 29.5 Å². The van der Waals surface area contributed by atoms with Gasteiger partial charge in [-0.15, -0.1) is 0 Å². The van der Waals surface area contributed by atoms with Gasteiger partial charge in [-0.2, -0.15) is 0 Å². The molecule has 2 aromatic carbocycles. The Labute approximate surface area is 206 Å². The summed E-state index contributed by atoms with van der Waals surface area (Å²) in [5.74, 6) is -2.28. The molecule has 2 aromatic rings. The molecule has 180 valence electrons. The number of likely N-dealkylation sites (tertiary alicyclic amines) is 1. The average Bonchev–Trinajstić information content (AvgIpc) is 3.03. The molecule has 1 aliphatic heterocycles. The van der Waals surface area contributed by atoms with Crippen molar-refractivity contribution in [2.45, 2.75) is 26.3 Å². The number of aliphatic hydroxyl groups is 1. The Morgan fingerprint density at radius 2 is 1.79 bits per heavy atom. The molecule has 8 nitrogen and oxygen atoms in total. The monoisotopic (exact) mass is 507 g/mol. The maximum atomic E-state index is 13.1. The second kappa shape index (κ2) is 10.4. The Kier molecular flexibility index (Phi) is 7.74. The third kappa shape index (κ3) is 4.56. The van der Waals surface area contributed by atoms with Crippen molar-refractivity contribution in [1.82, 2.24) is 4.90 Å². The van der Waals surface area contributed by atoms with E-state index in [-0.39, 0.29) is 45.0 Å². The molecular formula is C24H23Cl2NO7. The molecular weight excluding hydrogens is 485 g/mol. The van der Waals surface area contributed by atoms with Gasteiger partial charge in [-0.3, -0.25) is 14.4 Å². The molecule has 1 aliphatic rings. The molecule has 0 bridgehead atoms. The molecule has 1 fully saturated rings. The first-order chi connectivity index (χ1) is 16.2. The number of ketones is 1.